The molecule has 1 unspecified atom stereocenters. The highest BCUT2D eigenvalue weighted by molar-refractivity contribution is 6.06. The van der Waals surface area contributed by atoms with Gasteiger partial charge >= 0.3 is 12.3 Å². The first-order chi connectivity index (χ1) is 17.6. The molecule has 1 saturated heterocycles. The molecule has 2 aromatic rings. The van der Waals surface area contributed by atoms with E-state index in [-0.39, 0.29) is 13.0 Å². The number of nitrogens with zero attached hydrogens (tertiary/aromatic N) is 3. The van der Waals surface area contributed by atoms with Gasteiger partial charge in [-0.05, 0) is 48.4 Å². The van der Waals surface area contributed by atoms with Crippen LogP contribution < -0.4 is 0 Å². The van der Waals surface area contributed by atoms with Crippen LogP contribution in [0.15, 0.2) is 53.5 Å². The van der Waals surface area contributed by atoms with Crippen LogP contribution in [0.3, 0.4) is 0 Å². The summed E-state index contributed by atoms with van der Waals surface area (Å²) in [6.45, 7) is -1.18. The molecule has 1 aliphatic heterocycles. The second kappa shape index (κ2) is 9.15. The highest BCUT2D eigenvalue weighted by Gasteiger charge is 2.59. The predicted molar refractivity (Wildman–Crippen MR) is 122 cm³/mol. The summed E-state index contributed by atoms with van der Waals surface area (Å²) in [4.78, 5) is 55.0. The maximum Gasteiger partial charge on any atom is 0.418 e. The summed E-state index contributed by atoms with van der Waals surface area (Å²) in [5, 5.41) is 0. The SMILES string of the molecule is O=C=Nc1ccc2c(c1)CCC21OC(=O)N(CC(=O)N(Cc2ccccc2)[C@H](C2CC2)C(F)(F)F)C1=O. The van der Waals surface area contributed by atoms with E-state index in [2.05, 4.69) is 4.99 Å². The Kier molecular flexibility index (Phi) is 6.11. The van der Waals surface area contributed by atoms with Gasteiger partial charge < -0.3 is 9.64 Å². The van der Waals surface area contributed by atoms with Gasteiger partial charge in [0.25, 0.3) is 5.91 Å². The van der Waals surface area contributed by atoms with Crippen molar-refractivity contribution >= 4 is 29.7 Å². The first-order valence-electron chi connectivity index (χ1n) is 11.8. The van der Waals surface area contributed by atoms with Crippen LogP contribution in [-0.4, -0.2) is 52.6 Å². The highest BCUT2D eigenvalue weighted by Crippen LogP contribution is 2.47. The Morgan fingerprint density at radius 2 is 1.92 bits per heavy atom. The van der Waals surface area contributed by atoms with E-state index in [1.807, 2.05) is 0 Å². The van der Waals surface area contributed by atoms with Crippen molar-refractivity contribution in [2.75, 3.05) is 6.54 Å². The number of carbonyl (C=O) groups is 3. The zero-order valence-electron chi connectivity index (χ0n) is 19.5. The summed E-state index contributed by atoms with van der Waals surface area (Å²) in [7, 11) is 0. The Morgan fingerprint density at radius 3 is 2.57 bits per heavy atom. The molecular weight excluding hydrogens is 491 g/mol. The Bertz CT molecular complexity index is 1300. The third-order valence-corrected chi connectivity index (χ3v) is 7.07. The molecule has 0 N–H and O–H groups in total. The molecular formula is C26H22F3N3O5. The van der Waals surface area contributed by atoms with Crippen molar-refractivity contribution in [1.82, 2.24) is 9.80 Å². The standard InChI is InChI=1S/C26H22F3N3O5/c27-26(28,29)22(17-6-7-17)31(13-16-4-2-1-3-5-16)21(34)14-32-23(35)25(37-24(32)36)11-10-18-12-19(30-15-33)8-9-20(18)25/h1-5,8-9,12,17,22H,6-7,10-11,13-14H2/t22-,25?/m1/s1. The molecule has 1 saturated carbocycles. The van der Waals surface area contributed by atoms with Crippen LogP contribution in [0.2, 0.25) is 0 Å². The van der Waals surface area contributed by atoms with Crippen LogP contribution >= 0.6 is 0 Å². The number of amides is 3. The number of halogens is 3. The molecule has 0 bridgehead atoms. The van der Waals surface area contributed by atoms with E-state index in [1.54, 1.807) is 36.4 Å². The molecule has 3 aliphatic rings. The fourth-order valence-electron chi connectivity index (χ4n) is 5.22. The van der Waals surface area contributed by atoms with Crippen molar-refractivity contribution in [2.45, 2.75) is 50.0 Å². The van der Waals surface area contributed by atoms with Crippen molar-refractivity contribution in [3.8, 4) is 0 Å². The van der Waals surface area contributed by atoms with Crippen molar-refractivity contribution in [2.24, 2.45) is 10.9 Å². The summed E-state index contributed by atoms with van der Waals surface area (Å²) in [5.74, 6) is -2.52. The van der Waals surface area contributed by atoms with Gasteiger partial charge in [0.05, 0.1) is 5.69 Å². The summed E-state index contributed by atoms with van der Waals surface area (Å²) < 4.78 is 47.7. The van der Waals surface area contributed by atoms with Gasteiger partial charge in [0, 0.05) is 18.5 Å². The molecule has 2 fully saturated rings. The average molecular weight is 513 g/mol. The number of imide groups is 1. The number of rotatable bonds is 7. The number of hydrogen-bond donors (Lipinski definition) is 0. The van der Waals surface area contributed by atoms with Crippen LogP contribution in [0.1, 0.15) is 36.0 Å². The van der Waals surface area contributed by atoms with Crippen LogP contribution in [0.5, 0.6) is 0 Å². The molecule has 192 valence electrons. The molecule has 2 atom stereocenters. The van der Waals surface area contributed by atoms with E-state index in [0.29, 0.717) is 46.5 Å². The number of ether oxygens (including phenoxy) is 1. The summed E-state index contributed by atoms with van der Waals surface area (Å²) in [6, 6.07) is 10.8. The lowest BCUT2D eigenvalue weighted by molar-refractivity contribution is -0.196. The van der Waals surface area contributed by atoms with Gasteiger partial charge in [-0.2, -0.15) is 18.2 Å². The number of aliphatic imine (C=N–C) groups is 1. The highest BCUT2D eigenvalue weighted by atomic mass is 19.4. The molecule has 3 amide bonds. The van der Waals surface area contributed by atoms with Gasteiger partial charge in [0.2, 0.25) is 17.6 Å². The Balaban J connectivity index is 1.42. The van der Waals surface area contributed by atoms with E-state index in [1.165, 1.54) is 18.2 Å². The van der Waals surface area contributed by atoms with E-state index in [9.17, 15) is 32.3 Å². The van der Waals surface area contributed by atoms with Crippen LogP contribution in [0.25, 0.3) is 0 Å². The quantitative estimate of drug-likeness (QED) is 0.410. The Labute approximate surface area is 209 Å². The molecule has 0 aromatic heterocycles. The number of fused-ring (bicyclic) bond motifs is 2. The number of benzene rings is 2. The van der Waals surface area contributed by atoms with E-state index in [0.717, 1.165) is 4.90 Å². The summed E-state index contributed by atoms with van der Waals surface area (Å²) >= 11 is 0. The normalized spacial score (nSPS) is 21.4. The third kappa shape index (κ3) is 4.51. The molecule has 1 spiro atoms. The van der Waals surface area contributed by atoms with Gasteiger partial charge in [0.15, 0.2) is 0 Å². The van der Waals surface area contributed by atoms with E-state index < -0.39 is 48.2 Å². The molecule has 37 heavy (non-hydrogen) atoms. The molecule has 2 aromatic carbocycles. The monoisotopic (exact) mass is 513 g/mol. The van der Waals surface area contributed by atoms with Crippen LogP contribution in [-0.2, 0) is 37.7 Å². The van der Waals surface area contributed by atoms with Crippen molar-refractivity contribution in [3.05, 3.63) is 65.2 Å². The average Bonchev–Trinajstić information content (AvgIpc) is 3.57. The number of alkyl halides is 3. The van der Waals surface area contributed by atoms with Gasteiger partial charge in [-0.1, -0.05) is 36.4 Å². The molecule has 8 nitrogen and oxygen atoms in total. The minimum atomic E-state index is -4.67. The van der Waals surface area contributed by atoms with Gasteiger partial charge in [-0.15, -0.1) is 0 Å². The maximum atomic E-state index is 14.1. The van der Waals surface area contributed by atoms with Crippen molar-refractivity contribution in [3.63, 3.8) is 0 Å². The first-order valence-corrected chi connectivity index (χ1v) is 11.8. The first kappa shape index (κ1) is 24.7. The Morgan fingerprint density at radius 1 is 1.19 bits per heavy atom. The molecule has 1 heterocycles. The van der Waals surface area contributed by atoms with E-state index >= 15 is 0 Å². The molecule has 2 aliphatic carbocycles. The minimum Gasteiger partial charge on any atom is -0.427 e. The number of isocyanates is 1. The lowest BCUT2D eigenvalue weighted by atomic mass is 9.94. The molecule has 11 heteroatoms. The summed E-state index contributed by atoms with van der Waals surface area (Å²) in [6.07, 6.45) is -3.21. The van der Waals surface area contributed by atoms with Crippen LogP contribution in [0, 0.1) is 5.92 Å². The smallest absolute Gasteiger partial charge is 0.418 e. The van der Waals surface area contributed by atoms with Gasteiger partial charge in [0.1, 0.15) is 12.6 Å². The van der Waals surface area contributed by atoms with Gasteiger partial charge in [-0.25, -0.2) is 14.5 Å². The second-order valence-corrected chi connectivity index (χ2v) is 9.46. The fourth-order valence-corrected chi connectivity index (χ4v) is 5.22. The van der Waals surface area contributed by atoms with Crippen molar-refractivity contribution in [1.29, 1.82) is 0 Å². The lowest BCUT2D eigenvalue weighted by Gasteiger charge is -2.34. The second-order valence-electron chi connectivity index (χ2n) is 9.46. The largest absolute Gasteiger partial charge is 0.427 e. The van der Waals surface area contributed by atoms with Crippen LogP contribution in [0.4, 0.5) is 23.7 Å². The predicted octanol–water partition coefficient (Wildman–Crippen LogP) is 4.14. The molecule has 0 radical (unpaired) electrons. The maximum absolute atomic E-state index is 14.1. The van der Waals surface area contributed by atoms with E-state index in [4.69, 9.17) is 4.74 Å². The fraction of sp³-hybridized carbons (Fsp3) is 0.385. The minimum absolute atomic E-state index is 0.104. The van der Waals surface area contributed by atoms with Gasteiger partial charge in [-0.3, -0.25) is 9.59 Å². The number of hydrogen-bond acceptors (Lipinski definition) is 6. The summed E-state index contributed by atoms with van der Waals surface area (Å²) in [5.41, 5.74) is 0.196. The zero-order chi connectivity index (χ0) is 26.4. The third-order valence-electron chi connectivity index (χ3n) is 7.07. The Hall–Kier alpha value is -3.98. The number of aryl methyl sites for hydroxylation is 1. The lowest BCUT2D eigenvalue weighted by Crippen LogP contribution is -2.53. The topological polar surface area (TPSA) is 96.3 Å². The van der Waals surface area contributed by atoms with Crippen molar-refractivity contribution < 1.29 is 37.1 Å². The number of carbonyl (C=O) groups excluding carboxylic acids is 4. The molecule has 5 rings (SSSR count). The zero-order valence-corrected chi connectivity index (χ0v) is 19.5.